The summed E-state index contributed by atoms with van der Waals surface area (Å²) in [4.78, 5) is 34.3. The van der Waals surface area contributed by atoms with Crippen molar-refractivity contribution in [2.45, 2.75) is 45.4 Å². The van der Waals surface area contributed by atoms with E-state index in [1.807, 2.05) is 0 Å². The van der Waals surface area contributed by atoms with Crippen molar-refractivity contribution < 1.29 is 28.7 Å². The number of rotatable bonds is 6. The molecule has 1 aromatic carbocycles. The number of hydrogen-bond donors (Lipinski definition) is 1. The zero-order valence-electron chi connectivity index (χ0n) is 14.8. The van der Waals surface area contributed by atoms with Crippen molar-refractivity contribution >= 4 is 17.7 Å². The van der Waals surface area contributed by atoms with E-state index in [0.717, 1.165) is 7.11 Å². The number of nitrogens with one attached hydrogen (secondary N) is 1. The Morgan fingerprint density at radius 1 is 1.24 bits per heavy atom. The zero-order chi connectivity index (χ0) is 19.2. The number of carbonyl (C=O) groups excluding carboxylic acids is 2. The van der Waals surface area contributed by atoms with Crippen LogP contribution in [0.5, 0.6) is 5.75 Å². The molecule has 25 heavy (non-hydrogen) atoms. The molecule has 0 bridgehead atoms. The first-order chi connectivity index (χ1) is 11.5. The van der Waals surface area contributed by atoms with Gasteiger partial charge in [-0.1, -0.05) is 12.1 Å². The number of alkyl carbamates (subject to hydrolysis) is 1. The van der Waals surface area contributed by atoms with Crippen molar-refractivity contribution in [1.82, 2.24) is 5.32 Å². The van der Waals surface area contributed by atoms with Crippen molar-refractivity contribution in [2.75, 3.05) is 7.11 Å². The van der Waals surface area contributed by atoms with Crippen LogP contribution >= 0.6 is 0 Å². The normalized spacial score (nSPS) is 13.3. The van der Waals surface area contributed by atoms with Crippen LogP contribution in [-0.2, 0) is 14.3 Å². The Labute approximate surface area is 145 Å². The second-order valence-corrected chi connectivity index (χ2v) is 6.19. The highest BCUT2D eigenvalue weighted by Gasteiger charge is 2.32. The Balaban J connectivity index is 2.95. The van der Waals surface area contributed by atoms with Gasteiger partial charge in [-0.25, -0.2) is 9.59 Å². The smallest absolute Gasteiger partial charge is 0.408 e. The molecule has 0 aromatic heterocycles. The van der Waals surface area contributed by atoms with Crippen LogP contribution in [0.15, 0.2) is 24.3 Å². The number of benzene rings is 1. The quantitative estimate of drug-likeness (QED) is 0.473. The van der Waals surface area contributed by atoms with Crippen LogP contribution in [0.2, 0.25) is 0 Å². The van der Waals surface area contributed by atoms with E-state index in [1.54, 1.807) is 26.8 Å². The molecule has 0 saturated heterocycles. The minimum Gasteiger partial charge on any atom is -0.481 e. The molecule has 1 aromatic rings. The van der Waals surface area contributed by atoms with Gasteiger partial charge in [0.15, 0.2) is 11.8 Å². The van der Waals surface area contributed by atoms with Crippen LogP contribution in [0, 0.1) is 10.1 Å². The number of esters is 1. The van der Waals surface area contributed by atoms with E-state index in [1.165, 1.54) is 25.1 Å². The first-order valence-electron chi connectivity index (χ1n) is 7.52. The molecule has 0 aliphatic carbocycles. The molecule has 0 heterocycles. The van der Waals surface area contributed by atoms with Crippen LogP contribution in [0.4, 0.5) is 10.5 Å². The van der Waals surface area contributed by atoms with Gasteiger partial charge in [-0.15, -0.1) is 0 Å². The summed E-state index contributed by atoms with van der Waals surface area (Å²) in [5.74, 6) is -0.795. The summed E-state index contributed by atoms with van der Waals surface area (Å²) in [6.07, 6.45) is -1.78. The van der Waals surface area contributed by atoms with Gasteiger partial charge in [-0.2, -0.15) is 0 Å². The minimum atomic E-state index is -1.21. The lowest BCUT2D eigenvalue weighted by atomic mass is 10.1. The number of para-hydroxylation sites is 2. The second kappa shape index (κ2) is 8.32. The predicted octanol–water partition coefficient (Wildman–Crippen LogP) is 2.43. The highest BCUT2D eigenvalue weighted by molar-refractivity contribution is 5.82. The second-order valence-electron chi connectivity index (χ2n) is 6.19. The molecule has 9 nitrogen and oxygen atoms in total. The molecule has 0 spiro atoms. The highest BCUT2D eigenvalue weighted by Crippen LogP contribution is 2.27. The highest BCUT2D eigenvalue weighted by atomic mass is 16.6. The third kappa shape index (κ3) is 6.28. The van der Waals surface area contributed by atoms with Crippen molar-refractivity contribution in [3.05, 3.63) is 34.4 Å². The maximum Gasteiger partial charge on any atom is 0.408 e. The van der Waals surface area contributed by atoms with Crippen LogP contribution < -0.4 is 10.1 Å². The summed E-state index contributed by atoms with van der Waals surface area (Å²) in [7, 11) is 1.16. The number of nitro groups is 1. The van der Waals surface area contributed by atoms with Gasteiger partial charge in [0.25, 0.3) is 0 Å². The molecule has 0 unspecified atom stereocenters. The number of methoxy groups -OCH3 is 1. The lowest BCUT2D eigenvalue weighted by molar-refractivity contribution is -0.386. The van der Waals surface area contributed by atoms with Crippen molar-refractivity contribution in [3.63, 3.8) is 0 Å². The maximum atomic E-state index is 12.0. The lowest BCUT2D eigenvalue weighted by Gasteiger charge is -2.26. The van der Waals surface area contributed by atoms with Gasteiger partial charge in [0.1, 0.15) is 11.7 Å². The molecule has 0 saturated carbocycles. The van der Waals surface area contributed by atoms with E-state index >= 15 is 0 Å². The summed E-state index contributed by atoms with van der Waals surface area (Å²) in [6.45, 7) is 6.50. The third-order valence-electron chi connectivity index (χ3n) is 2.97. The lowest BCUT2D eigenvalue weighted by Crippen LogP contribution is -2.51. The zero-order valence-corrected chi connectivity index (χ0v) is 14.8. The van der Waals surface area contributed by atoms with E-state index in [2.05, 4.69) is 10.1 Å². The SMILES string of the molecule is COC(=O)[C@@H](NC(=O)OC(C)(C)C)[C@@H](C)Oc1ccccc1[N+](=O)[O-]. The van der Waals surface area contributed by atoms with Gasteiger partial charge in [0.2, 0.25) is 0 Å². The average molecular weight is 354 g/mol. The number of nitro benzene ring substituents is 1. The van der Waals surface area contributed by atoms with Crippen LogP contribution in [0.25, 0.3) is 0 Å². The Morgan fingerprint density at radius 2 is 1.84 bits per heavy atom. The van der Waals surface area contributed by atoms with E-state index in [-0.39, 0.29) is 11.4 Å². The van der Waals surface area contributed by atoms with E-state index in [0.29, 0.717) is 0 Å². The van der Waals surface area contributed by atoms with Gasteiger partial charge in [0, 0.05) is 6.07 Å². The number of amides is 1. The number of ether oxygens (including phenoxy) is 3. The van der Waals surface area contributed by atoms with Gasteiger partial charge in [0.05, 0.1) is 12.0 Å². The summed E-state index contributed by atoms with van der Waals surface area (Å²) in [5.41, 5.74) is -1.01. The van der Waals surface area contributed by atoms with Gasteiger partial charge < -0.3 is 19.5 Å². The summed E-state index contributed by atoms with van der Waals surface area (Å²) in [6, 6.07) is 4.52. The first-order valence-corrected chi connectivity index (χ1v) is 7.52. The van der Waals surface area contributed by atoms with Crippen molar-refractivity contribution in [1.29, 1.82) is 0 Å². The molecule has 1 N–H and O–H groups in total. The average Bonchev–Trinajstić information content (AvgIpc) is 2.50. The molecule has 138 valence electrons. The minimum absolute atomic E-state index is 0.0279. The Bertz CT molecular complexity index is 640. The Kier molecular flexibility index (Phi) is 6.72. The summed E-state index contributed by atoms with van der Waals surface area (Å²) in [5, 5.41) is 13.4. The number of carbonyl (C=O) groups is 2. The maximum absolute atomic E-state index is 12.0. The summed E-state index contributed by atoms with van der Waals surface area (Å²) < 4.78 is 15.3. The Hall–Kier alpha value is -2.84. The van der Waals surface area contributed by atoms with Crippen molar-refractivity contribution in [3.8, 4) is 5.75 Å². The Morgan fingerprint density at radius 3 is 2.36 bits per heavy atom. The largest absolute Gasteiger partial charge is 0.481 e. The fourth-order valence-corrected chi connectivity index (χ4v) is 1.91. The number of nitrogens with zero attached hydrogens (tertiary/aromatic N) is 1. The van der Waals surface area contributed by atoms with Crippen LogP contribution in [-0.4, -0.2) is 41.8 Å². The van der Waals surface area contributed by atoms with Gasteiger partial charge >= 0.3 is 17.7 Å². The monoisotopic (exact) mass is 354 g/mol. The molecule has 9 heteroatoms. The molecule has 0 aliphatic heterocycles. The van der Waals surface area contributed by atoms with Gasteiger partial charge in [-0.3, -0.25) is 10.1 Å². The standard InChI is InChI=1S/C16H22N2O7/c1-10(24-12-9-7-6-8-11(12)18(21)22)13(14(19)23-5)17-15(20)25-16(2,3)4/h6-10,13H,1-5H3,(H,17,20)/t10-,13+/m1/s1. The molecular weight excluding hydrogens is 332 g/mol. The third-order valence-corrected chi connectivity index (χ3v) is 2.97. The van der Waals surface area contributed by atoms with Crippen LogP contribution in [0.3, 0.4) is 0 Å². The van der Waals surface area contributed by atoms with E-state index < -0.39 is 34.7 Å². The number of hydrogen-bond acceptors (Lipinski definition) is 7. The van der Waals surface area contributed by atoms with Crippen molar-refractivity contribution in [2.24, 2.45) is 0 Å². The molecule has 0 radical (unpaired) electrons. The molecule has 2 atom stereocenters. The topological polar surface area (TPSA) is 117 Å². The molecule has 1 amide bonds. The fourth-order valence-electron chi connectivity index (χ4n) is 1.91. The first kappa shape index (κ1) is 20.2. The molecule has 0 aliphatic rings. The molecular formula is C16H22N2O7. The van der Waals surface area contributed by atoms with Crippen LogP contribution in [0.1, 0.15) is 27.7 Å². The van der Waals surface area contributed by atoms with E-state index in [9.17, 15) is 19.7 Å². The fraction of sp³-hybridized carbons (Fsp3) is 0.500. The molecule has 1 rings (SSSR count). The predicted molar refractivity (Wildman–Crippen MR) is 88.4 cm³/mol. The van der Waals surface area contributed by atoms with E-state index in [4.69, 9.17) is 9.47 Å². The summed E-state index contributed by atoms with van der Waals surface area (Å²) >= 11 is 0. The van der Waals surface area contributed by atoms with Gasteiger partial charge in [-0.05, 0) is 33.8 Å². The molecule has 0 fully saturated rings.